The molecule has 73 valence electrons. The molecule has 1 aromatic carbocycles. The summed E-state index contributed by atoms with van der Waals surface area (Å²) in [4.78, 5) is 3.01. The van der Waals surface area contributed by atoms with Crippen LogP contribution in [0, 0.1) is 3.95 Å². The molecule has 2 N–H and O–H groups in total. The van der Waals surface area contributed by atoms with Gasteiger partial charge in [0.2, 0.25) is 0 Å². The molecule has 0 saturated heterocycles. The fourth-order valence-electron chi connectivity index (χ4n) is 1.21. The molecule has 0 aliphatic rings. The van der Waals surface area contributed by atoms with Gasteiger partial charge in [-0.3, -0.25) is 0 Å². The first-order valence-corrected chi connectivity index (χ1v) is 5.23. The van der Waals surface area contributed by atoms with Gasteiger partial charge in [0, 0.05) is 27.9 Å². The number of aromatic nitrogens is 1. The average molecular weight is 267 g/mol. The summed E-state index contributed by atoms with van der Waals surface area (Å²) in [5.74, 6) is 0. The first-order chi connectivity index (χ1) is 6.22. The van der Waals surface area contributed by atoms with Crippen LogP contribution in [-0.2, 0) is 6.61 Å². The molecule has 0 spiro atoms. The summed E-state index contributed by atoms with van der Waals surface area (Å²) in [5, 5.41) is 9.66. The van der Waals surface area contributed by atoms with Crippen molar-refractivity contribution in [2.24, 2.45) is 0 Å². The van der Waals surface area contributed by atoms with Crippen LogP contribution in [0.5, 0.6) is 0 Å². The van der Waals surface area contributed by atoms with Crippen LogP contribution in [-0.4, -0.2) is 27.5 Å². The molecule has 0 aliphatic heterocycles. The van der Waals surface area contributed by atoms with Gasteiger partial charge < -0.3 is 11.5 Å². The van der Waals surface area contributed by atoms with E-state index < -0.39 is 0 Å². The fourth-order valence-corrected chi connectivity index (χ4v) is 2.56. The van der Waals surface area contributed by atoms with Crippen molar-refractivity contribution in [3.8, 4) is 0 Å². The number of hydrogen-bond acceptors (Lipinski definition) is 3. The van der Waals surface area contributed by atoms with Crippen LogP contribution in [0.15, 0.2) is 12.1 Å². The van der Waals surface area contributed by atoms with Crippen LogP contribution in [0.3, 0.4) is 0 Å². The number of benzene rings is 1. The number of thiazole rings is 1. The number of hydrogen-bond donors (Lipinski definition) is 2. The maximum absolute atomic E-state index is 9.09. The van der Waals surface area contributed by atoms with Crippen LogP contribution in [0.1, 0.15) is 6.99 Å². The van der Waals surface area contributed by atoms with E-state index in [-0.39, 0.29) is 44.3 Å². The molecule has 0 saturated carbocycles. The van der Waals surface area contributed by atoms with E-state index in [1.807, 2.05) is 6.07 Å². The van der Waals surface area contributed by atoms with E-state index in [9.17, 15) is 0 Å². The predicted octanol–water partition coefficient (Wildman–Crippen LogP) is -0.160. The number of aromatic amines is 1. The Bertz CT molecular complexity index is 518. The maximum atomic E-state index is 9.09. The summed E-state index contributed by atoms with van der Waals surface area (Å²) in [6, 6.07) is 3.67. The Balaban J connectivity index is 0. The Labute approximate surface area is 125 Å². The van der Waals surface area contributed by atoms with Crippen LogP contribution >= 0.6 is 35.2 Å². The van der Waals surface area contributed by atoms with Crippen molar-refractivity contribution < 1.29 is 25.4 Å². The Hall–Kier alpha value is 0.710. The van der Waals surface area contributed by atoms with E-state index in [1.165, 1.54) is 11.3 Å². The van der Waals surface area contributed by atoms with Gasteiger partial charge >= 0.3 is 18.9 Å². The van der Waals surface area contributed by atoms with Crippen LogP contribution in [0.4, 0.5) is 0 Å². The van der Waals surface area contributed by atoms with Crippen molar-refractivity contribution >= 4 is 62.7 Å². The molecule has 2 rings (SSSR count). The largest absolute Gasteiger partial charge is 1.00 e. The summed E-state index contributed by atoms with van der Waals surface area (Å²) in [5.41, 5.74) is 1.57. The van der Waals surface area contributed by atoms with E-state index >= 15 is 0 Å². The van der Waals surface area contributed by atoms with Crippen molar-refractivity contribution in [2.45, 2.75) is 6.61 Å². The predicted molar refractivity (Wildman–Crippen MR) is 64.8 cm³/mol. The molecule has 0 amide bonds. The molecular weight excluding hydrogens is 260 g/mol. The van der Waals surface area contributed by atoms with Gasteiger partial charge in [-0.25, -0.2) is 0 Å². The Morgan fingerprint density at radius 3 is 2.80 bits per heavy atom. The van der Waals surface area contributed by atoms with Gasteiger partial charge in [0.1, 0.15) is 0 Å². The minimum Gasteiger partial charge on any atom is -1.00 e. The van der Waals surface area contributed by atoms with Gasteiger partial charge in [0.15, 0.2) is 3.95 Å². The van der Waals surface area contributed by atoms with Crippen molar-refractivity contribution in [3.63, 3.8) is 0 Å². The molecule has 7 heteroatoms. The average Bonchev–Trinajstić information content (AvgIpc) is 2.45. The Morgan fingerprint density at radius 2 is 2.20 bits per heavy atom. The normalized spacial score (nSPS) is 9.47. The first-order valence-electron chi connectivity index (χ1n) is 3.63. The number of rotatable bonds is 1. The van der Waals surface area contributed by atoms with Gasteiger partial charge in [0.25, 0.3) is 0 Å². The number of nitrogens with one attached hydrogen (secondary N) is 1. The summed E-state index contributed by atoms with van der Waals surface area (Å²) in [7, 11) is 0. The van der Waals surface area contributed by atoms with Crippen LogP contribution < -0.4 is 18.9 Å². The van der Waals surface area contributed by atoms with Gasteiger partial charge in [-0.1, -0.05) is 11.6 Å². The smallest absolute Gasteiger partial charge is 1.00 e. The van der Waals surface area contributed by atoms with Crippen LogP contribution in [0.2, 0.25) is 5.02 Å². The molecule has 0 unspecified atom stereocenters. The molecule has 0 bridgehead atoms. The minimum absolute atomic E-state index is 0. The zero-order valence-electron chi connectivity index (χ0n) is 9.08. The zero-order valence-corrected chi connectivity index (χ0v) is 11.6. The molecule has 1 aromatic heterocycles. The summed E-state index contributed by atoms with van der Waals surface area (Å²) in [6.45, 7) is -0.0713. The van der Waals surface area contributed by atoms with Gasteiger partial charge in [0.05, 0.1) is 16.8 Å². The van der Waals surface area contributed by atoms with Gasteiger partial charge in [-0.15, -0.1) is 11.3 Å². The third-order valence-electron chi connectivity index (χ3n) is 1.81. The number of aliphatic hydroxyl groups is 1. The van der Waals surface area contributed by atoms with Crippen molar-refractivity contribution in [2.75, 3.05) is 0 Å². The van der Waals surface area contributed by atoms with Gasteiger partial charge in [-0.2, -0.15) is 0 Å². The quantitative estimate of drug-likeness (QED) is 0.556. The van der Waals surface area contributed by atoms with E-state index in [0.29, 0.717) is 14.5 Å². The summed E-state index contributed by atoms with van der Waals surface area (Å²) < 4.78 is 1.73. The topological polar surface area (TPSA) is 36.0 Å². The standard InChI is InChI=1S/C8H6ClNOS2.Al.Li.H/c9-5-1-2-6-7(4(5)3-11)10-8(12)13-6;;;/h1-2,11H,3H2,(H,10,12);;;/q;;+1;-1. The number of aliphatic hydroxyl groups excluding tert-OH is 1. The van der Waals surface area contributed by atoms with Crippen molar-refractivity contribution in [1.82, 2.24) is 4.98 Å². The number of fused-ring (bicyclic) bond motifs is 1. The van der Waals surface area contributed by atoms with Gasteiger partial charge in [-0.05, 0) is 24.4 Å². The second-order valence-corrected chi connectivity index (χ2v) is 4.70. The molecule has 15 heavy (non-hydrogen) atoms. The third-order valence-corrected chi connectivity index (χ3v) is 3.36. The molecule has 0 atom stereocenters. The molecule has 2 nitrogen and oxygen atoms in total. The molecule has 0 fully saturated rings. The van der Waals surface area contributed by atoms with Crippen molar-refractivity contribution in [1.29, 1.82) is 0 Å². The SMILES string of the molecule is OCc1c(Cl)ccc2sc(=S)[nH]c12.[Al].[H-].[Li+]. The van der Waals surface area contributed by atoms with Crippen LogP contribution in [0.25, 0.3) is 10.2 Å². The molecule has 1 heterocycles. The zero-order chi connectivity index (χ0) is 9.42. The summed E-state index contributed by atoms with van der Waals surface area (Å²) in [6.07, 6.45) is 0. The molecule has 3 radical (unpaired) electrons. The fraction of sp³-hybridized carbons (Fsp3) is 0.125. The van der Waals surface area contributed by atoms with Crippen molar-refractivity contribution in [3.05, 3.63) is 26.7 Å². The molecular formula is C8H7AlClLiNOS2. The first kappa shape index (κ1) is 15.7. The van der Waals surface area contributed by atoms with E-state index in [0.717, 1.165) is 10.2 Å². The molecule has 0 aliphatic carbocycles. The Kier molecular flexibility index (Phi) is 6.75. The van der Waals surface area contributed by atoms with E-state index in [4.69, 9.17) is 28.9 Å². The van der Waals surface area contributed by atoms with E-state index in [1.54, 1.807) is 6.07 Å². The monoisotopic (exact) mass is 266 g/mol. The summed E-state index contributed by atoms with van der Waals surface area (Å²) >= 11 is 12.4. The maximum Gasteiger partial charge on any atom is 1.00 e. The second kappa shape index (κ2) is 6.45. The van der Waals surface area contributed by atoms with E-state index in [2.05, 4.69) is 4.98 Å². The second-order valence-electron chi connectivity index (χ2n) is 2.57. The minimum atomic E-state index is -0.0713. The number of halogens is 1. The third kappa shape index (κ3) is 3.09. The molecule has 2 aromatic rings. The number of H-pyrrole nitrogens is 1. The Morgan fingerprint density at radius 1 is 1.53 bits per heavy atom.